The van der Waals surface area contributed by atoms with Crippen molar-refractivity contribution in [2.24, 2.45) is 11.3 Å². The van der Waals surface area contributed by atoms with Crippen molar-refractivity contribution in [1.82, 2.24) is 5.32 Å². The third-order valence-electron chi connectivity index (χ3n) is 4.55. The molecule has 2 unspecified atom stereocenters. The lowest BCUT2D eigenvalue weighted by Crippen LogP contribution is -2.35. The van der Waals surface area contributed by atoms with Crippen molar-refractivity contribution in [3.05, 3.63) is 35.4 Å². The fourth-order valence-electron chi connectivity index (χ4n) is 3.38. The SMILES string of the molecule is CCNCC1CCC(C)(C)CC1c1cc(F)ccc1F. The smallest absolute Gasteiger partial charge is 0.126 e. The van der Waals surface area contributed by atoms with Crippen LogP contribution in [-0.4, -0.2) is 13.1 Å². The molecule has 2 rings (SSSR count). The molecule has 0 amide bonds. The highest BCUT2D eigenvalue weighted by atomic mass is 19.1. The number of hydrogen-bond donors (Lipinski definition) is 1. The van der Waals surface area contributed by atoms with Crippen molar-refractivity contribution in [1.29, 1.82) is 0 Å². The maximum absolute atomic E-state index is 14.1. The Labute approximate surface area is 120 Å². The number of benzene rings is 1. The van der Waals surface area contributed by atoms with E-state index < -0.39 is 0 Å². The summed E-state index contributed by atoms with van der Waals surface area (Å²) in [6.45, 7) is 8.32. The summed E-state index contributed by atoms with van der Waals surface area (Å²) >= 11 is 0. The van der Waals surface area contributed by atoms with E-state index in [2.05, 4.69) is 26.1 Å². The van der Waals surface area contributed by atoms with Crippen LogP contribution in [0, 0.1) is 23.0 Å². The zero-order valence-corrected chi connectivity index (χ0v) is 12.7. The monoisotopic (exact) mass is 281 g/mol. The molecule has 0 aromatic heterocycles. The van der Waals surface area contributed by atoms with Crippen molar-refractivity contribution in [2.75, 3.05) is 13.1 Å². The maximum Gasteiger partial charge on any atom is 0.126 e. The molecular weight excluding hydrogens is 256 g/mol. The normalized spacial score (nSPS) is 25.6. The average molecular weight is 281 g/mol. The number of nitrogens with one attached hydrogen (secondary N) is 1. The second-order valence-electron chi connectivity index (χ2n) is 6.75. The van der Waals surface area contributed by atoms with Crippen LogP contribution in [-0.2, 0) is 0 Å². The van der Waals surface area contributed by atoms with Crippen LogP contribution in [0.1, 0.15) is 51.5 Å². The van der Waals surface area contributed by atoms with Crippen molar-refractivity contribution in [3.8, 4) is 0 Å². The molecule has 1 aliphatic carbocycles. The first-order valence-corrected chi connectivity index (χ1v) is 7.58. The largest absolute Gasteiger partial charge is 0.317 e. The molecule has 2 atom stereocenters. The quantitative estimate of drug-likeness (QED) is 0.857. The number of rotatable bonds is 4. The van der Waals surface area contributed by atoms with Crippen LogP contribution < -0.4 is 5.32 Å². The molecule has 0 radical (unpaired) electrons. The first-order chi connectivity index (χ1) is 9.43. The van der Waals surface area contributed by atoms with Crippen LogP contribution in [0.3, 0.4) is 0 Å². The molecule has 1 aromatic carbocycles. The standard InChI is InChI=1S/C17H25F2N/c1-4-20-11-12-7-8-17(2,3)10-15(12)14-9-13(18)5-6-16(14)19/h5-6,9,12,15,20H,4,7-8,10-11H2,1-3H3. The van der Waals surface area contributed by atoms with E-state index in [1.54, 1.807) is 0 Å². The Hall–Kier alpha value is -0.960. The highest BCUT2D eigenvalue weighted by molar-refractivity contribution is 5.25. The van der Waals surface area contributed by atoms with E-state index in [9.17, 15) is 8.78 Å². The predicted octanol–water partition coefficient (Wildman–Crippen LogP) is 4.48. The molecular formula is C17H25F2N. The van der Waals surface area contributed by atoms with Crippen LogP contribution in [0.25, 0.3) is 0 Å². The topological polar surface area (TPSA) is 12.0 Å². The fourth-order valence-corrected chi connectivity index (χ4v) is 3.38. The second-order valence-corrected chi connectivity index (χ2v) is 6.75. The minimum Gasteiger partial charge on any atom is -0.317 e. The van der Waals surface area contributed by atoms with Gasteiger partial charge in [-0.2, -0.15) is 0 Å². The van der Waals surface area contributed by atoms with Crippen LogP contribution >= 0.6 is 0 Å². The average Bonchev–Trinajstić information content (AvgIpc) is 2.39. The van der Waals surface area contributed by atoms with Gasteiger partial charge in [0, 0.05) is 0 Å². The number of hydrogen-bond acceptors (Lipinski definition) is 1. The minimum absolute atomic E-state index is 0.105. The summed E-state index contributed by atoms with van der Waals surface area (Å²) < 4.78 is 27.6. The van der Waals surface area contributed by atoms with Crippen LogP contribution in [0.5, 0.6) is 0 Å². The molecule has 20 heavy (non-hydrogen) atoms. The summed E-state index contributed by atoms with van der Waals surface area (Å²) in [5.41, 5.74) is 0.757. The molecule has 3 heteroatoms. The predicted molar refractivity (Wildman–Crippen MR) is 78.8 cm³/mol. The molecule has 1 aromatic rings. The summed E-state index contributed by atoms with van der Waals surface area (Å²) in [5.74, 6) is -0.115. The van der Waals surface area contributed by atoms with Gasteiger partial charge >= 0.3 is 0 Å². The Morgan fingerprint density at radius 3 is 2.75 bits per heavy atom. The highest BCUT2D eigenvalue weighted by Crippen LogP contribution is 2.47. The van der Waals surface area contributed by atoms with E-state index in [0.717, 1.165) is 32.4 Å². The Morgan fingerprint density at radius 2 is 2.05 bits per heavy atom. The van der Waals surface area contributed by atoms with Gasteiger partial charge in [0.15, 0.2) is 0 Å². The van der Waals surface area contributed by atoms with E-state index in [4.69, 9.17) is 0 Å². The molecule has 1 nitrogen and oxygen atoms in total. The van der Waals surface area contributed by atoms with Gasteiger partial charge in [-0.1, -0.05) is 20.8 Å². The Balaban J connectivity index is 2.28. The summed E-state index contributed by atoms with van der Waals surface area (Å²) in [5, 5.41) is 3.36. The number of halogens is 2. The third kappa shape index (κ3) is 3.57. The lowest BCUT2D eigenvalue weighted by atomic mass is 9.65. The van der Waals surface area contributed by atoms with Gasteiger partial charge in [-0.15, -0.1) is 0 Å². The van der Waals surface area contributed by atoms with Gasteiger partial charge in [0.25, 0.3) is 0 Å². The molecule has 0 saturated heterocycles. The van der Waals surface area contributed by atoms with Crippen molar-refractivity contribution < 1.29 is 8.78 Å². The molecule has 1 saturated carbocycles. The van der Waals surface area contributed by atoms with Crippen molar-refractivity contribution >= 4 is 0 Å². The van der Waals surface area contributed by atoms with E-state index in [-0.39, 0.29) is 23.0 Å². The lowest BCUT2D eigenvalue weighted by molar-refractivity contribution is 0.157. The Morgan fingerprint density at radius 1 is 1.30 bits per heavy atom. The summed E-state index contributed by atoms with van der Waals surface area (Å²) in [6, 6.07) is 3.85. The Kier molecular flexibility index (Phi) is 4.79. The van der Waals surface area contributed by atoms with Gasteiger partial charge in [0.05, 0.1) is 0 Å². The summed E-state index contributed by atoms with van der Waals surface area (Å²) in [4.78, 5) is 0. The van der Waals surface area contributed by atoms with E-state index >= 15 is 0 Å². The van der Waals surface area contributed by atoms with Crippen molar-refractivity contribution in [3.63, 3.8) is 0 Å². The highest BCUT2D eigenvalue weighted by Gasteiger charge is 2.36. The second kappa shape index (κ2) is 6.21. The molecule has 0 spiro atoms. The van der Waals surface area contributed by atoms with Gasteiger partial charge in [0.1, 0.15) is 11.6 Å². The molecule has 0 aliphatic heterocycles. The van der Waals surface area contributed by atoms with E-state index in [0.29, 0.717) is 11.5 Å². The van der Waals surface area contributed by atoms with Crippen LogP contribution in [0.2, 0.25) is 0 Å². The van der Waals surface area contributed by atoms with E-state index in [1.165, 1.54) is 18.2 Å². The summed E-state index contributed by atoms with van der Waals surface area (Å²) in [6.07, 6.45) is 3.14. The molecule has 1 fully saturated rings. The zero-order valence-electron chi connectivity index (χ0n) is 12.7. The Bertz CT molecular complexity index is 456. The first-order valence-electron chi connectivity index (χ1n) is 7.58. The zero-order chi connectivity index (χ0) is 14.8. The molecule has 112 valence electrons. The van der Waals surface area contributed by atoms with Gasteiger partial charge in [-0.25, -0.2) is 8.78 Å². The molecule has 0 bridgehead atoms. The third-order valence-corrected chi connectivity index (χ3v) is 4.55. The molecule has 1 N–H and O–H groups in total. The maximum atomic E-state index is 14.1. The van der Waals surface area contributed by atoms with Gasteiger partial charge < -0.3 is 5.32 Å². The molecule has 0 heterocycles. The lowest BCUT2D eigenvalue weighted by Gasteiger charge is -2.41. The summed E-state index contributed by atoms with van der Waals surface area (Å²) in [7, 11) is 0. The van der Waals surface area contributed by atoms with E-state index in [1.807, 2.05) is 0 Å². The van der Waals surface area contributed by atoms with Crippen molar-refractivity contribution in [2.45, 2.75) is 46.0 Å². The fraction of sp³-hybridized carbons (Fsp3) is 0.647. The molecule has 1 aliphatic rings. The van der Waals surface area contributed by atoms with Crippen LogP contribution in [0.15, 0.2) is 18.2 Å². The van der Waals surface area contributed by atoms with Gasteiger partial charge in [-0.05, 0) is 73.4 Å². The van der Waals surface area contributed by atoms with Crippen LogP contribution in [0.4, 0.5) is 8.78 Å². The minimum atomic E-state index is -0.341. The van der Waals surface area contributed by atoms with Gasteiger partial charge in [0.2, 0.25) is 0 Å². The van der Waals surface area contributed by atoms with Gasteiger partial charge in [-0.3, -0.25) is 0 Å². The first kappa shape index (κ1) is 15.4.